The van der Waals surface area contributed by atoms with Crippen LogP contribution < -0.4 is 5.32 Å². The van der Waals surface area contributed by atoms with Crippen molar-refractivity contribution in [3.05, 3.63) is 46.7 Å². The van der Waals surface area contributed by atoms with Crippen molar-refractivity contribution >= 4 is 39.3 Å². The number of nitrogens with zero attached hydrogens (tertiary/aromatic N) is 2. The number of aromatic nitrogens is 2. The number of benzene rings is 1. The molecule has 0 spiro atoms. The maximum atomic E-state index is 12.9. The smallest absolute Gasteiger partial charge is 0.325 e. The summed E-state index contributed by atoms with van der Waals surface area (Å²) in [6.45, 7) is 0. The molecule has 0 saturated heterocycles. The van der Waals surface area contributed by atoms with Crippen LogP contribution in [0.15, 0.2) is 46.3 Å². The van der Waals surface area contributed by atoms with Gasteiger partial charge in [-0.05, 0) is 24.3 Å². The highest BCUT2D eigenvalue weighted by Crippen LogP contribution is 2.36. The van der Waals surface area contributed by atoms with Crippen LogP contribution in [-0.2, 0) is 11.0 Å². The second kappa shape index (κ2) is 7.10. The van der Waals surface area contributed by atoms with Crippen LogP contribution in [0.5, 0.6) is 0 Å². The summed E-state index contributed by atoms with van der Waals surface area (Å²) in [7, 11) is 0. The predicted molar refractivity (Wildman–Crippen MR) is 80.5 cm³/mol. The number of rotatable bonds is 4. The van der Waals surface area contributed by atoms with Crippen LogP contribution in [0.25, 0.3) is 0 Å². The molecule has 4 nitrogen and oxygen atoms in total. The first kappa shape index (κ1) is 16.8. The molecule has 1 N–H and O–H groups in total. The molecule has 2 rings (SSSR count). The lowest BCUT2D eigenvalue weighted by molar-refractivity contribution is -0.137. The van der Waals surface area contributed by atoms with Gasteiger partial charge in [0.1, 0.15) is 0 Å². The fourth-order valence-corrected chi connectivity index (χ4v) is 2.50. The van der Waals surface area contributed by atoms with Gasteiger partial charge in [-0.1, -0.05) is 27.7 Å². The molecular weight excluding hydrogens is 383 g/mol. The van der Waals surface area contributed by atoms with Crippen molar-refractivity contribution < 1.29 is 18.0 Å². The Kier molecular flexibility index (Phi) is 5.41. The van der Waals surface area contributed by atoms with Gasteiger partial charge in [0.25, 0.3) is 0 Å². The minimum absolute atomic E-state index is 0.0859. The molecule has 22 heavy (non-hydrogen) atoms. The molecule has 0 unspecified atom stereocenters. The summed E-state index contributed by atoms with van der Waals surface area (Å²) in [5.41, 5.74) is -1.19. The Morgan fingerprint density at radius 2 is 1.95 bits per heavy atom. The van der Waals surface area contributed by atoms with Gasteiger partial charge in [0.2, 0.25) is 5.91 Å². The molecule has 2 aromatic rings. The summed E-state index contributed by atoms with van der Waals surface area (Å²) < 4.78 is 39.1. The maximum absolute atomic E-state index is 12.9. The summed E-state index contributed by atoms with van der Waals surface area (Å²) in [6.07, 6.45) is -1.52. The molecule has 1 aromatic carbocycles. The van der Waals surface area contributed by atoms with E-state index in [2.05, 4.69) is 31.2 Å². The van der Waals surface area contributed by atoms with Crippen molar-refractivity contribution in [1.29, 1.82) is 0 Å². The van der Waals surface area contributed by atoms with E-state index in [1.807, 2.05) is 0 Å². The highest BCUT2D eigenvalue weighted by Gasteiger charge is 2.34. The van der Waals surface area contributed by atoms with Gasteiger partial charge in [-0.25, -0.2) is 9.97 Å². The van der Waals surface area contributed by atoms with E-state index in [0.717, 1.165) is 17.8 Å². The van der Waals surface area contributed by atoms with Crippen molar-refractivity contribution in [2.75, 3.05) is 11.1 Å². The number of hydrogen-bond acceptors (Lipinski definition) is 4. The van der Waals surface area contributed by atoms with Gasteiger partial charge in [0.05, 0.1) is 17.0 Å². The quantitative estimate of drug-likeness (QED) is 0.632. The molecule has 0 atom stereocenters. The second-order valence-corrected chi connectivity index (χ2v) is 5.91. The summed E-state index contributed by atoms with van der Waals surface area (Å²) in [5, 5.41) is 2.64. The van der Waals surface area contributed by atoms with Crippen LogP contribution in [0.3, 0.4) is 0 Å². The summed E-state index contributed by atoms with van der Waals surface area (Å²) in [6, 6.07) is 5.18. The summed E-state index contributed by atoms with van der Waals surface area (Å²) in [4.78, 5) is 19.6. The summed E-state index contributed by atoms with van der Waals surface area (Å²) >= 11 is 4.02. The number of halogens is 4. The Hall–Kier alpha value is -1.61. The zero-order chi connectivity index (χ0) is 16.2. The molecule has 0 fully saturated rings. The molecule has 1 heterocycles. The number of alkyl halides is 3. The molecule has 0 radical (unpaired) electrons. The van der Waals surface area contributed by atoms with E-state index < -0.39 is 17.6 Å². The van der Waals surface area contributed by atoms with Crippen LogP contribution in [0, 0.1) is 0 Å². The molecule has 116 valence electrons. The highest BCUT2D eigenvalue weighted by molar-refractivity contribution is 9.10. The minimum atomic E-state index is -4.55. The van der Waals surface area contributed by atoms with E-state index in [-0.39, 0.29) is 15.9 Å². The van der Waals surface area contributed by atoms with Gasteiger partial charge < -0.3 is 5.32 Å². The van der Waals surface area contributed by atoms with Crippen molar-refractivity contribution in [3.63, 3.8) is 0 Å². The highest BCUT2D eigenvalue weighted by atomic mass is 79.9. The van der Waals surface area contributed by atoms with Gasteiger partial charge in [0, 0.05) is 16.9 Å². The number of thioether (sulfide) groups is 1. The van der Waals surface area contributed by atoms with E-state index in [4.69, 9.17) is 0 Å². The van der Waals surface area contributed by atoms with Gasteiger partial charge >= 0.3 is 6.18 Å². The van der Waals surface area contributed by atoms with Crippen molar-refractivity contribution in [3.8, 4) is 0 Å². The number of hydrogen-bond donors (Lipinski definition) is 1. The van der Waals surface area contributed by atoms with Gasteiger partial charge in [-0.3, -0.25) is 4.79 Å². The van der Waals surface area contributed by atoms with Gasteiger partial charge in [-0.15, -0.1) is 0 Å². The van der Waals surface area contributed by atoms with Crippen molar-refractivity contribution in [2.45, 2.75) is 11.3 Å². The Morgan fingerprint density at radius 1 is 1.27 bits per heavy atom. The number of carbonyl (C=O) groups is 1. The van der Waals surface area contributed by atoms with Crippen LogP contribution in [0.4, 0.5) is 18.9 Å². The topological polar surface area (TPSA) is 54.9 Å². The van der Waals surface area contributed by atoms with Crippen molar-refractivity contribution in [2.24, 2.45) is 0 Å². The van der Waals surface area contributed by atoms with E-state index in [1.54, 1.807) is 6.07 Å². The molecular formula is C13H9BrF3N3OS. The first-order valence-electron chi connectivity index (χ1n) is 5.92. The lowest BCUT2D eigenvalue weighted by atomic mass is 10.1. The normalized spacial score (nSPS) is 11.3. The Bertz CT molecular complexity index is 667. The van der Waals surface area contributed by atoms with Crippen LogP contribution in [0.2, 0.25) is 0 Å². The lowest BCUT2D eigenvalue weighted by Gasteiger charge is -2.14. The largest absolute Gasteiger partial charge is 0.418 e. The maximum Gasteiger partial charge on any atom is 0.418 e. The lowest BCUT2D eigenvalue weighted by Crippen LogP contribution is -2.18. The zero-order valence-electron chi connectivity index (χ0n) is 10.9. The standard InChI is InChI=1S/C13H9BrF3N3OS/c14-8-2-3-10(9(6-8)13(15,16)17)20-11(21)7-22-12-18-4-1-5-19-12/h1-6H,7H2,(H,20,21). The molecule has 0 aliphatic rings. The third-order valence-corrected chi connectivity index (χ3v) is 3.80. The number of anilines is 1. The van der Waals surface area contributed by atoms with Gasteiger partial charge in [-0.2, -0.15) is 13.2 Å². The number of amides is 1. The molecule has 1 aromatic heterocycles. The molecule has 0 bridgehead atoms. The second-order valence-electron chi connectivity index (χ2n) is 4.06. The predicted octanol–water partition coefficient (Wildman–Crippen LogP) is 3.99. The Labute approximate surface area is 136 Å². The fraction of sp³-hybridized carbons (Fsp3) is 0.154. The minimum Gasteiger partial charge on any atom is -0.325 e. The third-order valence-electron chi connectivity index (χ3n) is 2.44. The zero-order valence-corrected chi connectivity index (χ0v) is 13.3. The fourth-order valence-electron chi connectivity index (χ4n) is 1.54. The first-order valence-corrected chi connectivity index (χ1v) is 7.70. The number of carbonyl (C=O) groups excluding carboxylic acids is 1. The van der Waals surface area contributed by atoms with Gasteiger partial charge in [0.15, 0.2) is 5.16 Å². The van der Waals surface area contributed by atoms with E-state index in [1.165, 1.54) is 24.5 Å². The molecule has 0 aliphatic heterocycles. The van der Waals surface area contributed by atoms with E-state index >= 15 is 0 Å². The average Bonchev–Trinajstić information content (AvgIpc) is 2.47. The van der Waals surface area contributed by atoms with Crippen LogP contribution in [0.1, 0.15) is 5.56 Å². The summed E-state index contributed by atoms with van der Waals surface area (Å²) in [5.74, 6) is -0.650. The molecule has 9 heteroatoms. The molecule has 0 saturated carbocycles. The average molecular weight is 392 g/mol. The van der Waals surface area contributed by atoms with E-state index in [9.17, 15) is 18.0 Å². The van der Waals surface area contributed by atoms with E-state index in [0.29, 0.717) is 5.16 Å². The van der Waals surface area contributed by atoms with Crippen LogP contribution >= 0.6 is 27.7 Å². The Morgan fingerprint density at radius 3 is 2.59 bits per heavy atom. The molecule has 0 aliphatic carbocycles. The third kappa shape index (κ3) is 4.70. The monoisotopic (exact) mass is 391 g/mol. The first-order chi connectivity index (χ1) is 10.4. The SMILES string of the molecule is O=C(CSc1ncccn1)Nc1ccc(Br)cc1C(F)(F)F. The molecule has 1 amide bonds. The van der Waals surface area contributed by atoms with Crippen LogP contribution in [-0.4, -0.2) is 21.6 Å². The van der Waals surface area contributed by atoms with Crippen molar-refractivity contribution in [1.82, 2.24) is 9.97 Å². The number of nitrogens with one attached hydrogen (secondary N) is 1. The Balaban J connectivity index is 2.06.